The van der Waals surface area contributed by atoms with Crippen LogP contribution in [0.2, 0.25) is 0 Å². The van der Waals surface area contributed by atoms with Crippen LogP contribution in [0, 0.1) is 0 Å². The van der Waals surface area contributed by atoms with Crippen molar-refractivity contribution in [2.24, 2.45) is 7.05 Å². The van der Waals surface area contributed by atoms with Crippen LogP contribution in [-0.2, 0) is 19.6 Å². The molecule has 0 bridgehead atoms. The van der Waals surface area contributed by atoms with E-state index in [9.17, 15) is 8.78 Å². The third-order valence-electron chi connectivity index (χ3n) is 3.08. The van der Waals surface area contributed by atoms with Crippen molar-refractivity contribution in [2.45, 2.75) is 19.5 Å². The largest absolute Gasteiger partial charge is 0.471 e. The van der Waals surface area contributed by atoms with Gasteiger partial charge in [0.15, 0.2) is 0 Å². The Labute approximate surface area is 129 Å². The monoisotopic (exact) mass is 321 g/mol. The molecule has 0 aliphatic rings. The second-order valence-corrected chi connectivity index (χ2v) is 4.93. The minimum Gasteiger partial charge on any atom is -0.471 e. The number of aromatic nitrogens is 5. The lowest BCUT2D eigenvalue weighted by atomic mass is 10.2. The highest BCUT2D eigenvalue weighted by Crippen LogP contribution is 2.28. The van der Waals surface area contributed by atoms with Crippen molar-refractivity contribution in [3.63, 3.8) is 0 Å². The standard InChI is InChI=1S/C14H13F2N5O2/c1-14(15,16)13-19-12(20-23-13)9-3-5-17-11(7-9)22-8-10-4-6-18-21(10)2/h3-7H,8H2,1-2H3. The van der Waals surface area contributed by atoms with Gasteiger partial charge in [-0.15, -0.1) is 0 Å². The van der Waals surface area contributed by atoms with Gasteiger partial charge in [-0.25, -0.2) is 4.98 Å². The number of hydrogen-bond acceptors (Lipinski definition) is 6. The summed E-state index contributed by atoms with van der Waals surface area (Å²) in [7, 11) is 1.80. The fourth-order valence-electron chi connectivity index (χ4n) is 1.84. The maximum absolute atomic E-state index is 13.1. The summed E-state index contributed by atoms with van der Waals surface area (Å²) in [6.45, 7) is 0.969. The van der Waals surface area contributed by atoms with Crippen molar-refractivity contribution < 1.29 is 18.0 Å². The van der Waals surface area contributed by atoms with Gasteiger partial charge < -0.3 is 9.26 Å². The molecular weight excluding hydrogens is 308 g/mol. The molecule has 23 heavy (non-hydrogen) atoms. The fourth-order valence-corrected chi connectivity index (χ4v) is 1.84. The summed E-state index contributed by atoms with van der Waals surface area (Å²) in [5.74, 6) is -3.55. The van der Waals surface area contributed by atoms with E-state index in [1.165, 1.54) is 6.20 Å². The summed E-state index contributed by atoms with van der Waals surface area (Å²) in [6.07, 6.45) is 3.14. The van der Waals surface area contributed by atoms with Crippen molar-refractivity contribution in [3.05, 3.63) is 42.2 Å². The number of nitrogens with zero attached hydrogens (tertiary/aromatic N) is 5. The zero-order valence-corrected chi connectivity index (χ0v) is 12.4. The van der Waals surface area contributed by atoms with Gasteiger partial charge in [-0.2, -0.15) is 18.9 Å². The molecule has 3 heterocycles. The number of aryl methyl sites for hydroxylation is 1. The number of pyridine rings is 1. The Morgan fingerprint density at radius 1 is 1.30 bits per heavy atom. The van der Waals surface area contributed by atoms with Crippen LogP contribution in [-0.4, -0.2) is 24.9 Å². The summed E-state index contributed by atoms with van der Waals surface area (Å²) in [6, 6.07) is 4.96. The summed E-state index contributed by atoms with van der Waals surface area (Å²) >= 11 is 0. The predicted octanol–water partition coefficient (Wildman–Crippen LogP) is 2.56. The lowest BCUT2D eigenvalue weighted by molar-refractivity contribution is -0.0158. The summed E-state index contributed by atoms with van der Waals surface area (Å²) in [5.41, 5.74) is 1.34. The highest BCUT2D eigenvalue weighted by Gasteiger charge is 2.32. The van der Waals surface area contributed by atoms with E-state index in [0.29, 0.717) is 18.4 Å². The molecule has 0 aliphatic heterocycles. The zero-order chi connectivity index (χ0) is 16.4. The maximum atomic E-state index is 13.1. The second-order valence-electron chi connectivity index (χ2n) is 4.93. The Balaban J connectivity index is 1.77. The molecule has 3 aromatic heterocycles. The van der Waals surface area contributed by atoms with Crippen LogP contribution >= 0.6 is 0 Å². The minimum absolute atomic E-state index is 0.0503. The molecule has 0 aliphatic carbocycles. The van der Waals surface area contributed by atoms with Crippen molar-refractivity contribution in [1.29, 1.82) is 0 Å². The quantitative estimate of drug-likeness (QED) is 0.718. The molecule has 0 amide bonds. The average Bonchev–Trinajstić information content (AvgIpc) is 3.14. The highest BCUT2D eigenvalue weighted by atomic mass is 19.3. The molecule has 7 nitrogen and oxygen atoms in total. The topological polar surface area (TPSA) is 78.9 Å². The lowest BCUT2D eigenvalue weighted by Crippen LogP contribution is -2.07. The first-order chi connectivity index (χ1) is 10.9. The van der Waals surface area contributed by atoms with Gasteiger partial charge in [-0.05, 0) is 12.1 Å². The van der Waals surface area contributed by atoms with E-state index in [0.717, 1.165) is 5.69 Å². The Morgan fingerprint density at radius 3 is 2.78 bits per heavy atom. The van der Waals surface area contributed by atoms with E-state index in [1.54, 1.807) is 30.1 Å². The predicted molar refractivity (Wildman–Crippen MR) is 74.6 cm³/mol. The third-order valence-corrected chi connectivity index (χ3v) is 3.08. The van der Waals surface area contributed by atoms with Gasteiger partial charge in [-0.1, -0.05) is 5.16 Å². The van der Waals surface area contributed by atoms with Crippen LogP contribution in [0.4, 0.5) is 8.78 Å². The number of alkyl halides is 2. The first-order valence-electron chi connectivity index (χ1n) is 6.71. The van der Waals surface area contributed by atoms with Crippen LogP contribution in [0.1, 0.15) is 18.5 Å². The Morgan fingerprint density at radius 2 is 2.13 bits per heavy atom. The highest BCUT2D eigenvalue weighted by molar-refractivity contribution is 5.55. The first kappa shape index (κ1) is 15.1. The van der Waals surface area contributed by atoms with Crippen LogP contribution in [0.3, 0.4) is 0 Å². The van der Waals surface area contributed by atoms with Crippen molar-refractivity contribution in [1.82, 2.24) is 24.9 Å². The van der Waals surface area contributed by atoms with Gasteiger partial charge in [0.1, 0.15) is 6.61 Å². The van der Waals surface area contributed by atoms with E-state index in [4.69, 9.17) is 4.74 Å². The number of hydrogen-bond donors (Lipinski definition) is 0. The number of halogens is 2. The molecule has 0 spiro atoms. The smallest absolute Gasteiger partial charge is 0.322 e. The van der Waals surface area contributed by atoms with Gasteiger partial charge in [0, 0.05) is 38.0 Å². The Kier molecular flexibility index (Phi) is 3.77. The third kappa shape index (κ3) is 3.33. The molecule has 3 aromatic rings. The Hall–Kier alpha value is -2.84. The first-order valence-corrected chi connectivity index (χ1v) is 6.71. The molecule has 3 rings (SSSR count). The van der Waals surface area contributed by atoms with Gasteiger partial charge in [0.2, 0.25) is 11.7 Å². The maximum Gasteiger partial charge on any atom is 0.322 e. The van der Waals surface area contributed by atoms with Crippen molar-refractivity contribution >= 4 is 0 Å². The molecule has 0 aromatic carbocycles. The zero-order valence-electron chi connectivity index (χ0n) is 12.4. The second kappa shape index (κ2) is 5.75. The lowest BCUT2D eigenvalue weighted by Gasteiger charge is -2.06. The SMILES string of the molecule is Cn1nccc1COc1cc(-c2noc(C(C)(F)F)n2)ccn1. The van der Waals surface area contributed by atoms with Gasteiger partial charge in [0.05, 0.1) is 5.69 Å². The van der Waals surface area contributed by atoms with Crippen LogP contribution in [0.25, 0.3) is 11.4 Å². The normalized spacial score (nSPS) is 11.7. The summed E-state index contributed by atoms with van der Waals surface area (Å²) in [4.78, 5) is 7.76. The Bertz CT molecular complexity index is 809. The van der Waals surface area contributed by atoms with E-state index in [2.05, 4.69) is 24.7 Å². The van der Waals surface area contributed by atoms with Crippen molar-refractivity contribution in [2.75, 3.05) is 0 Å². The minimum atomic E-state index is -3.18. The van der Waals surface area contributed by atoms with E-state index >= 15 is 0 Å². The average molecular weight is 321 g/mol. The van der Waals surface area contributed by atoms with E-state index < -0.39 is 11.8 Å². The molecular formula is C14H13F2N5O2. The molecule has 0 N–H and O–H groups in total. The molecule has 0 atom stereocenters. The van der Waals surface area contributed by atoms with Crippen LogP contribution < -0.4 is 4.74 Å². The summed E-state index contributed by atoms with van der Waals surface area (Å²) in [5, 5.41) is 7.59. The van der Waals surface area contributed by atoms with Gasteiger partial charge in [0.25, 0.3) is 5.89 Å². The number of rotatable bonds is 5. The van der Waals surface area contributed by atoms with Crippen LogP contribution in [0.15, 0.2) is 35.1 Å². The van der Waals surface area contributed by atoms with Crippen molar-refractivity contribution in [3.8, 4) is 17.3 Å². The molecule has 9 heteroatoms. The van der Waals surface area contributed by atoms with Gasteiger partial charge >= 0.3 is 5.92 Å². The fraction of sp³-hybridized carbons (Fsp3) is 0.286. The van der Waals surface area contributed by atoms with E-state index in [-0.39, 0.29) is 12.4 Å². The molecule has 0 saturated heterocycles. The number of ether oxygens (including phenoxy) is 1. The van der Waals surface area contributed by atoms with Crippen LogP contribution in [0.5, 0.6) is 5.88 Å². The molecule has 0 radical (unpaired) electrons. The van der Waals surface area contributed by atoms with E-state index in [1.807, 2.05) is 6.07 Å². The molecule has 0 fully saturated rings. The molecule has 0 unspecified atom stereocenters. The molecule has 0 saturated carbocycles. The van der Waals surface area contributed by atoms with Gasteiger partial charge in [-0.3, -0.25) is 4.68 Å². The summed E-state index contributed by atoms with van der Waals surface area (Å²) < 4.78 is 38.1. The molecule has 120 valence electrons.